The molecule has 3 N–H and O–H groups in total. The Hall–Kier alpha value is -0.960. The molecule has 1 aromatic rings. The highest BCUT2D eigenvalue weighted by molar-refractivity contribution is 7.17. The van der Waals surface area contributed by atoms with E-state index in [0.29, 0.717) is 0 Å². The van der Waals surface area contributed by atoms with Crippen LogP contribution in [0.3, 0.4) is 0 Å². The minimum Gasteiger partial charge on any atom is -0.480 e. The molecular weight excluding hydrogens is 213 g/mol. The summed E-state index contributed by atoms with van der Waals surface area (Å²) in [6, 6.07) is 8.49. The smallest absolute Gasteiger partial charge is 0.323 e. The minimum absolute atomic E-state index is 0.181. The molecule has 2 unspecified atom stereocenters. The second-order valence-corrected chi connectivity index (χ2v) is 3.80. The Labute approximate surface area is 90.5 Å². The number of benzene rings is 1. The van der Waals surface area contributed by atoms with Crippen LogP contribution < -0.4 is 5.32 Å². The van der Waals surface area contributed by atoms with Crippen LogP contribution in [0.25, 0.3) is 0 Å². The lowest BCUT2D eigenvalue weighted by Crippen LogP contribution is -2.40. The predicted molar refractivity (Wildman–Crippen MR) is 60.5 cm³/mol. The molecule has 15 heavy (non-hydrogen) atoms. The summed E-state index contributed by atoms with van der Waals surface area (Å²) in [7, 11) is 2.51. The monoisotopic (exact) mass is 227 g/mol. The molecule has 0 aliphatic carbocycles. The molecule has 1 aromatic carbocycles. The molecule has 3 atom stereocenters. The summed E-state index contributed by atoms with van der Waals surface area (Å²) in [5.74, 6) is -1.24. The molecule has 0 amide bonds. The third kappa shape index (κ3) is 3.59. The molecule has 82 valence electrons. The van der Waals surface area contributed by atoms with Gasteiger partial charge in [0.05, 0.1) is 6.61 Å². The zero-order valence-electron chi connectivity index (χ0n) is 8.13. The molecule has 1 rings (SSSR count). The number of carbonyl (C=O) groups is 1. The number of carboxylic acid groups (broad SMARTS) is 1. The Kier molecular flexibility index (Phi) is 4.69. The van der Waals surface area contributed by atoms with Gasteiger partial charge in [-0.05, 0) is 5.56 Å². The Balaban J connectivity index is 2.62. The first kappa shape index (κ1) is 12.1. The minimum atomic E-state index is -1.05. The first-order chi connectivity index (χ1) is 7.15. The molecule has 4 nitrogen and oxygen atoms in total. The second kappa shape index (κ2) is 5.81. The second-order valence-electron chi connectivity index (χ2n) is 3.13. The lowest BCUT2D eigenvalue weighted by atomic mass is 10.2. The van der Waals surface area contributed by atoms with Crippen molar-refractivity contribution < 1.29 is 15.0 Å². The van der Waals surface area contributed by atoms with Gasteiger partial charge in [-0.2, -0.15) is 0 Å². The molecule has 0 saturated carbocycles. The molecule has 0 bridgehead atoms. The summed E-state index contributed by atoms with van der Waals surface area (Å²) in [5, 5.41) is 20.4. The maximum atomic E-state index is 10.7. The average molecular weight is 227 g/mol. The van der Waals surface area contributed by atoms with Crippen molar-refractivity contribution in [2.45, 2.75) is 11.8 Å². The molecule has 5 heteroatoms. The Morgan fingerprint density at radius 3 is 2.47 bits per heavy atom. The lowest BCUT2D eigenvalue weighted by molar-refractivity contribution is -0.140. The number of aliphatic carboxylic acids is 1. The van der Waals surface area contributed by atoms with Crippen molar-refractivity contribution in [1.82, 2.24) is 5.32 Å². The molecule has 0 aliphatic rings. The van der Waals surface area contributed by atoms with Crippen LogP contribution >= 0.6 is 9.24 Å². The van der Waals surface area contributed by atoms with Crippen LogP contribution in [0.1, 0.15) is 11.3 Å². The van der Waals surface area contributed by atoms with Crippen LogP contribution in [-0.4, -0.2) is 28.8 Å². The standard InChI is InChI=1S/C10H14NO3P/c12-6-8(10(13)14)11-9(15)7-4-2-1-3-5-7/h1-5,8-9,11-12H,6,15H2,(H,13,14)/t8-,9?/m1/s1. The zero-order chi connectivity index (χ0) is 11.3. The predicted octanol–water partition coefficient (Wildman–Crippen LogP) is 0.595. The van der Waals surface area contributed by atoms with Gasteiger partial charge < -0.3 is 10.2 Å². The highest BCUT2D eigenvalue weighted by Crippen LogP contribution is 2.19. The number of hydrogen-bond donors (Lipinski definition) is 3. The summed E-state index contributed by atoms with van der Waals surface area (Å²) in [4.78, 5) is 10.7. The van der Waals surface area contributed by atoms with E-state index in [2.05, 4.69) is 14.6 Å². The van der Waals surface area contributed by atoms with E-state index in [1.54, 1.807) is 0 Å². The third-order valence-electron chi connectivity index (χ3n) is 2.02. The summed E-state index contributed by atoms with van der Waals surface area (Å²) < 4.78 is 0. The van der Waals surface area contributed by atoms with E-state index in [4.69, 9.17) is 10.2 Å². The van der Waals surface area contributed by atoms with E-state index >= 15 is 0 Å². The number of carboxylic acids is 1. The topological polar surface area (TPSA) is 69.6 Å². The van der Waals surface area contributed by atoms with Gasteiger partial charge in [0.25, 0.3) is 0 Å². The maximum Gasteiger partial charge on any atom is 0.323 e. The van der Waals surface area contributed by atoms with Crippen LogP contribution in [0.2, 0.25) is 0 Å². The molecule has 0 fully saturated rings. The summed E-state index contributed by atoms with van der Waals surface area (Å²) in [5.41, 5.74) is 0.960. The molecule has 0 aliphatic heterocycles. The van der Waals surface area contributed by atoms with Crippen LogP contribution in [0.15, 0.2) is 30.3 Å². The number of hydrogen-bond acceptors (Lipinski definition) is 3. The normalized spacial score (nSPS) is 14.5. The van der Waals surface area contributed by atoms with Crippen molar-refractivity contribution in [2.24, 2.45) is 0 Å². The summed E-state index contributed by atoms with van der Waals surface area (Å²) in [6.07, 6.45) is 0. The first-order valence-corrected chi connectivity index (χ1v) is 5.22. The molecule has 0 radical (unpaired) electrons. The van der Waals surface area contributed by atoms with E-state index in [0.717, 1.165) is 5.56 Å². The van der Waals surface area contributed by atoms with Crippen molar-refractivity contribution in [3.8, 4) is 0 Å². The largest absolute Gasteiger partial charge is 0.480 e. The van der Waals surface area contributed by atoms with Gasteiger partial charge in [-0.25, -0.2) is 0 Å². The molecule has 0 heterocycles. The maximum absolute atomic E-state index is 10.7. The van der Waals surface area contributed by atoms with E-state index < -0.39 is 18.6 Å². The van der Waals surface area contributed by atoms with Crippen molar-refractivity contribution in [1.29, 1.82) is 0 Å². The van der Waals surface area contributed by atoms with E-state index in [-0.39, 0.29) is 5.78 Å². The van der Waals surface area contributed by atoms with Crippen molar-refractivity contribution in [3.63, 3.8) is 0 Å². The lowest BCUT2D eigenvalue weighted by Gasteiger charge is -2.18. The number of nitrogens with one attached hydrogen (secondary N) is 1. The Morgan fingerprint density at radius 1 is 1.40 bits per heavy atom. The Morgan fingerprint density at radius 2 is 2.00 bits per heavy atom. The fourth-order valence-electron chi connectivity index (χ4n) is 1.18. The van der Waals surface area contributed by atoms with Crippen LogP contribution in [0, 0.1) is 0 Å². The van der Waals surface area contributed by atoms with Crippen molar-refractivity contribution in [3.05, 3.63) is 35.9 Å². The number of aliphatic hydroxyl groups excluding tert-OH is 1. The van der Waals surface area contributed by atoms with Gasteiger partial charge in [0.2, 0.25) is 0 Å². The Bertz CT molecular complexity index is 318. The SMILES string of the molecule is O=C(O)[C@@H](CO)NC(P)c1ccccc1. The van der Waals surface area contributed by atoms with Gasteiger partial charge in [-0.1, -0.05) is 30.3 Å². The number of aliphatic hydroxyl groups is 1. The zero-order valence-corrected chi connectivity index (χ0v) is 9.28. The van der Waals surface area contributed by atoms with Gasteiger partial charge in [0.15, 0.2) is 0 Å². The highest BCUT2D eigenvalue weighted by atomic mass is 31.0. The molecular formula is C10H14NO3P. The fraction of sp³-hybridized carbons (Fsp3) is 0.300. The van der Waals surface area contributed by atoms with Crippen LogP contribution in [0.4, 0.5) is 0 Å². The first-order valence-electron chi connectivity index (χ1n) is 4.55. The summed E-state index contributed by atoms with van der Waals surface area (Å²) >= 11 is 0. The van der Waals surface area contributed by atoms with Gasteiger partial charge >= 0.3 is 5.97 Å². The van der Waals surface area contributed by atoms with Gasteiger partial charge in [-0.3, -0.25) is 10.1 Å². The van der Waals surface area contributed by atoms with Crippen LogP contribution in [0.5, 0.6) is 0 Å². The van der Waals surface area contributed by atoms with Crippen LogP contribution in [-0.2, 0) is 4.79 Å². The van der Waals surface area contributed by atoms with Gasteiger partial charge in [-0.15, -0.1) is 9.24 Å². The van der Waals surface area contributed by atoms with E-state index in [1.165, 1.54) is 0 Å². The molecule has 0 saturated heterocycles. The molecule has 0 spiro atoms. The van der Waals surface area contributed by atoms with Gasteiger partial charge in [0.1, 0.15) is 6.04 Å². The quantitative estimate of drug-likeness (QED) is 0.644. The fourth-order valence-corrected chi connectivity index (χ4v) is 1.63. The van der Waals surface area contributed by atoms with E-state index in [9.17, 15) is 4.79 Å². The average Bonchev–Trinajstić information content (AvgIpc) is 2.26. The van der Waals surface area contributed by atoms with E-state index in [1.807, 2.05) is 30.3 Å². The highest BCUT2D eigenvalue weighted by Gasteiger charge is 2.18. The number of rotatable bonds is 5. The third-order valence-corrected chi connectivity index (χ3v) is 2.60. The van der Waals surface area contributed by atoms with Crippen molar-refractivity contribution >= 4 is 15.2 Å². The summed E-state index contributed by atoms with van der Waals surface area (Å²) in [6.45, 7) is -0.424. The molecule has 0 aromatic heterocycles. The van der Waals surface area contributed by atoms with Gasteiger partial charge in [0, 0.05) is 5.78 Å². The van der Waals surface area contributed by atoms with Crippen molar-refractivity contribution in [2.75, 3.05) is 6.61 Å².